The third-order valence-corrected chi connectivity index (χ3v) is 3.10. The van der Waals surface area contributed by atoms with E-state index >= 15 is 0 Å². The number of Topliss-reactive ketones (excluding diaryl/α,β-unsaturated/α-hetero) is 1. The highest BCUT2D eigenvalue weighted by Gasteiger charge is 2.38. The van der Waals surface area contributed by atoms with Gasteiger partial charge in [0.15, 0.2) is 5.78 Å². The average Bonchev–Trinajstić information content (AvgIpc) is 2.42. The summed E-state index contributed by atoms with van der Waals surface area (Å²) in [5, 5.41) is 0. The molecule has 0 aromatic carbocycles. The van der Waals surface area contributed by atoms with Crippen molar-refractivity contribution in [3.63, 3.8) is 0 Å². The summed E-state index contributed by atoms with van der Waals surface area (Å²) in [7, 11) is 1.64. The van der Waals surface area contributed by atoms with Crippen LogP contribution in [0.5, 0.6) is 0 Å². The Kier molecular flexibility index (Phi) is 3.87. The van der Waals surface area contributed by atoms with Crippen LogP contribution >= 0.6 is 0 Å². The van der Waals surface area contributed by atoms with Gasteiger partial charge in [0, 0.05) is 7.11 Å². The second kappa shape index (κ2) is 4.74. The van der Waals surface area contributed by atoms with Gasteiger partial charge in [-0.1, -0.05) is 32.3 Å². The molecule has 1 rings (SSSR count). The van der Waals surface area contributed by atoms with Gasteiger partial charge in [-0.15, -0.1) is 0 Å². The predicted octanol–water partition coefficient (Wildman–Crippen LogP) is 2.87. The Morgan fingerprint density at radius 3 is 2.07 bits per heavy atom. The number of ketones is 1. The van der Waals surface area contributed by atoms with Gasteiger partial charge in [0.05, 0.1) is 0 Å². The summed E-state index contributed by atoms with van der Waals surface area (Å²) >= 11 is 0. The molecule has 0 unspecified atom stereocenters. The van der Waals surface area contributed by atoms with Crippen LogP contribution in [-0.2, 0) is 9.53 Å². The Balaban J connectivity index is 2.82. The molecule has 0 radical (unpaired) electrons. The molecule has 0 N–H and O–H groups in total. The normalized spacial score (nSPS) is 21.3. The van der Waals surface area contributed by atoms with Gasteiger partial charge in [-0.3, -0.25) is 4.79 Å². The number of rotatable bonds is 3. The molecule has 0 heterocycles. The van der Waals surface area contributed by atoms with E-state index in [4.69, 9.17) is 4.74 Å². The molecule has 1 aliphatic rings. The highest BCUT2D eigenvalue weighted by molar-refractivity contribution is 6.00. The van der Waals surface area contributed by atoms with Crippen LogP contribution in [0.15, 0.2) is 12.2 Å². The first kappa shape index (κ1) is 11.4. The second-order valence-electron chi connectivity index (χ2n) is 4.22. The van der Waals surface area contributed by atoms with Gasteiger partial charge in [-0.05, 0) is 25.3 Å². The Labute approximate surface area is 86.3 Å². The number of hydrogen-bond acceptors (Lipinski definition) is 2. The van der Waals surface area contributed by atoms with Crippen molar-refractivity contribution in [2.45, 2.75) is 51.0 Å². The lowest BCUT2D eigenvalue weighted by atomic mass is 9.86. The number of carbonyl (C=O) groups excluding carboxylic acids is 1. The van der Waals surface area contributed by atoms with E-state index in [-0.39, 0.29) is 5.78 Å². The number of hydrogen-bond donors (Lipinski definition) is 0. The Bertz CT molecular complexity index is 222. The van der Waals surface area contributed by atoms with Crippen molar-refractivity contribution < 1.29 is 9.53 Å². The SMILES string of the molecule is C=C(C)C(=O)C1(OC)CCCCCC1. The van der Waals surface area contributed by atoms with Crippen molar-refractivity contribution in [2.75, 3.05) is 7.11 Å². The van der Waals surface area contributed by atoms with Crippen LogP contribution in [0.3, 0.4) is 0 Å². The summed E-state index contributed by atoms with van der Waals surface area (Å²) in [6, 6.07) is 0. The first-order chi connectivity index (χ1) is 6.62. The lowest BCUT2D eigenvalue weighted by molar-refractivity contribution is -0.138. The van der Waals surface area contributed by atoms with Crippen molar-refractivity contribution in [3.8, 4) is 0 Å². The predicted molar refractivity (Wildman–Crippen MR) is 57.3 cm³/mol. The standard InChI is InChI=1S/C12H20O2/c1-10(2)11(13)12(14-3)8-6-4-5-7-9-12/h1,4-9H2,2-3H3. The number of carbonyl (C=O) groups is 1. The lowest BCUT2D eigenvalue weighted by Gasteiger charge is -2.29. The van der Waals surface area contributed by atoms with Gasteiger partial charge >= 0.3 is 0 Å². The zero-order valence-electron chi connectivity index (χ0n) is 9.27. The highest BCUT2D eigenvalue weighted by Crippen LogP contribution is 2.32. The Hall–Kier alpha value is -0.630. The van der Waals surface area contributed by atoms with E-state index in [1.165, 1.54) is 12.8 Å². The van der Waals surface area contributed by atoms with E-state index in [1.807, 2.05) is 0 Å². The molecule has 1 fully saturated rings. The summed E-state index contributed by atoms with van der Waals surface area (Å²) in [5.41, 5.74) is 0.0660. The van der Waals surface area contributed by atoms with Crippen LogP contribution in [0.4, 0.5) is 0 Å². The molecule has 0 aromatic rings. The maximum absolute atomic E-state index is 12.0. The third kappa shape index (κ3) is 2.24. The van der Waals surface area contributed by atoms with Gasteiger partial charge in [-0.2, -0.15) is 0 Å². The monoisotopic (exact) mass is 196 g/mol. The van der Waals surface area contributed by atoms with Gasteiger partial charge < -0.3 is 4.74 Å². The zero-order chi connectivity index (χ0) is 10.6. The first-order valence-corrected chi connectivity index (χ1v) is 5.38. The van der Waals surface area contributed by atoms with E-state index in [9.17, 15) is 4.79 Å². The van der Waals surface area contributed by atoms with E-state index in [1.54, 1.807) is 14.0 Å². The highest BCUT2D eigenvalue weighted by atomic mass is 16.5. The maximum atomic E-state index is 12.0. The number of methoxy groups -OCH3 is 1. The molecular formula is C12H20O2. The van der Waals surface area contributed by atoms with Crippen molar-refractivity contribution in [1.29, 1.82) is 0 Å². The molecule has 1 saturated carbocycles. The number of ether oxygens (including phenoxy) is 1. The summed E-state index contributed by atoms with van der Waals surface area (Å²) in [4.78, 5) is 12.0. The van der Waals surface area contributed by atoms with Crippen molar-refractivity contribution >= 4 is 5.78 Å². The average molecular weight is 196 g/mol. The first-order valence-electron chi connectivity index (χ1n) is 5.38. The Morgan fingerprint density at radius 1 is 1.21 bits per heavy atom. The molecule has 0 bridgehead atoms. The topological polar surface area (TPSA) is 26.3 Å². The minimum atomic E-state index is -0.553. The quantitative estimate of drug-likeness (QED) is 0.512. The van der Waals surface area contributed by atoms with Gasteiger partial charge in [0.1, 0.15) is 5.60 Å². The van der Waals surface area contributed by atoms with Crippen LogP contribution in [0.1, 0.15) is 45.4 Å². The summed E-state index contributed by atoms with van der Waals surface area (Å²) in [6.07, 6.45) is 6.33. The van der Waals surface area contributed by atoms with E-state index < -0.39 is 5.60 Å². The summed E-state index contributed by atoms with van der Waals surface area (Å²) in [6.45, 7) is 5.50. The molecule has 80 valence electrons. The lowest BCUT2D eigenvalue weighted by Crippen LogP contribution is -2.40. The minimum absolute atomic E-state index is 0.0990. The Morgan fingerprint density at radius 2 is 1.71 bits per heavy atom. The molecule has 0 aromatic heterocycles. The van der Waals surface area contributed by atoms with Gasteiger partial charge in [0.2, 0.25) is 0 Å². The van der Waals surface area contributed by atoms with Gasteiger partial charge in [-0.25, -0.2) is 0 Å². The van der Waals surface area contributed by atoms with E-state index in [0.29, 0.717) is 5.57 Å². The van der Waals surface area contributed by atoms with E-state index in [2.05, 4.69) is 6.58 Å². The second-order valence-corrected chi connectivity index (χ2v) is 4.22. The fraction of sp³-hybridized carbons (Fsp3) is 0.750. The van der Waals surface area contributed by atoms with Crippen molar-refractivity contribution in [2.24, 2.45) is 0 Å². The van der Waals surface area contributed by atoms with Crippen LogP contribution in [0.25, 0.3) is 0 Å². The van der Waals surface area contributed by atoms with Gasteiger partial charge in [0.25, 0.3) is 0 Å². The molecule has 14 heavy (non-hydrogen) atoms. The molecule has 1 aliphatic carbocycles. The van der Waals surface area contributed by atoms with Crippen molar-refractivity contribution in [1.82, 2.24) is 0 Å². The van der Waals surface area contributed by atoms with Crippen LogP contribution < -0.4 is 0 Å². The molecule has 0 saturated heterocycles. The van der Waals surface area contributed by atoms with E-state index in [0.717, 1.165) is 25.7 Å². The summed E-state index contributed by atoms with van der Waals surface area (Å²) in [5.74, 6) is 0.0990. The fourth-order valence-electron chi connectivity index (χ4n) is 2.21. The summed E-state index contributed by atoms with van der Waals surface area (Å²) < 4.78 is 5.47. The molecule has 0 amide bonds. The van der Waals surface area contributed by atoms with Crippen LogP contribution in [0.2, 0.25) is 0 Å². The maximum Gasteiger partial charge on any atom is 0.189 e. The van der Waals surface area contributed by atoms with Crippen LogP contribution in [-0.4, -0.2) is 18.5 Å². The smallest absolute Gasteiger partial charge is 0.189 e. The molecule has 0 spiro atoms. The molecule has 0 aliphatic heterocycles. The largest absolute Gasteiger partial charge is 0.370 e. The molecule has 0 atom stereocenters. The molecule has 2 heteroatoms. The third-order valence-electron chi connectivity index (χ3n) is 3.10. The minimum Gasteiger partial charge on any atom is -0.370 e. The van der Waals surface area contributed by atoms with Crippen LogP contribution in [0, 0.1) is 0 Å². The molecular weight excluding hydrogens is 176 g/mol. The zero-order valence-corrected chi connectivity index (χ0v) is 9.27. The fourth-order valence-corrected chi connectivity index (χ4v) is 2.21. The molecule has 2 nitrogen and oxygen atoms in total. The van der Waals surface area contributed by atoms with Crippen molar-refractivity contribution in [3.05, 3.63) is 12.2 Å².